The Hall–Kier alpha value is -4.09. The van der Waals surface area contributed by atoms with Gasteiger partial charge in [0.05, 0.1) is 12.1 Å². The molecule has 36 heavy (non-hydrogen) atoms. The van der Waals surface area contributed by atoms with Gasteiger partial charge in [-0.3, -0.25) is 10.1 Å². The van der Waals surface area contributed by atoms with Gasteiger partial charge in [0, 0.05) is 60.2 Å². The van der Waals surface area contributed by atoms with Gasteiger partial charge in [0.25, 0.3) is 0 Å². The van der Waals surface area contributed by atoms with Crippen LogP contribution in [0.3, 0.4) is 0 Å². The van der Waals surface area contributed by atoms with Crippen LogP contribution in [-0.2, 0) is 11.3 Å². The summed E-state index contributed by atoms with van der Waals surface area (Å²) >= 11 is 1.45. The second-order valence-electron chi connectivity index (χ2n) is 7.99. The van der Waals surface area contributed by atoms with E-state index >= 15 is 0 Å². The number of urea groups is 1. The first kappa shape index (κ1) is 25.0. The summed E-state index contributed by atoms with van der Waals surface area (Å²) in [6, 6.07) is 6.67. The molecule has 0 atom stereocenters. The lowest BCUT2D eigenvalue weighted by molar-refractivity contribution is 0.0694. The highest BCUT2D eigenvalue weighted by Crippen LogP contribution is 2.36. The molecule has 1 aromatic carbocycles. The molecule has 11 heteroatoms. The fraction of sp³-hybridized carbons (Fsp3) is 0.240. The summed E-state index contributed by atoms with van der Waals surface area (Å²) in [5, 5.41) is 17.9. The second-order valence-corrected chi connectivity index (χ2v) is 8.85. The Morgan fingerprint density at radius 2 is 2.03 bits per heavy atom. The van der Waals surface area contributed by atoms with Gasteiger partial charge in [0.15, 0.2) is 0 Å². The molecular formula is C25H25N5O5S. The molecule has 4 aromatic rings. The smallest absolute Gasteiger partial charge is 0.341 e. The van der Waals surface area contributed by atoms with Crippen LogP contribution >= 0.6 is 11.3 Å². The van der Waals surface area contributed by atoms with Crippen molar-refractivity contribution in [2.24, 2.45) is 0 Å². The van der Waals surface area contributed by atoms with Gasteiger partial charge in [0.2, 0.25) is 5.43 Å². The molecule has 3 N–H and O–H groups in total. The van der Waals surface area contributed by atoms with Crippen LogP contribution in [-0.4, -0.2) is 51.9 Å². The number of pyridine rings is 2. The summed E-state index contributed by atoms with van der Waals surface area (Å²) in [4.78, 5) is 45.8. The molecule has 0 aliphatic carbocycles. The number of ether oxygens (including phenoxy) is 1. The van der Waals surface area contributed by atoms with Crippen LogP contribution < -0.4 is 16.1 Å². The van der Waals surface area contributed by atoms with E-state index in [1.807, 2.05) is 25.3 Å². The number of carboxylic acid groups (broad SMARTS) is 1. The van der Waals surface area contributed by atoms with Gasteiger partial charge in [0.1, 0.15) is 16.4 Å². The van der Waals surface area contributed by atoms with Crippen LogP contribution in [0.25, 0.3) is 32.6 Å². The first-order valence-corrected chi connectivity index (χ1v) is 12.1. The van der Waals surface area contributed by atoms with Crippen molar-refractivity contribution in [2.45, 2.75) is 20.4 Å². The number of rotatable bonds is 8. The summed E-state index contributed by atoms with van der Waals surface area (Å²) in [6.07, 6.45) is 2.96. The Morgan fingerprint density at radius 1 is 1.22 bits per heavy atom. The zero-order chi connectivity index (χ0) is 25.8. The number of nitrogens with zero attached hydrogens (tertiary/aromatic N) is 3. The molecule has 0 spiro atoms. The van der Waals surface area contributed by atoms with Crippen LogP contribution in [0.2, 0.25) is 0 Å². The van der Waals surface area contributed by atoms with Crippen LogP contribution in [0, 0.1) is 6.92 Å². The number of thiazole rings is 1. The Labute approximate surface area is 210 Å². The van der Waals surface area contributed by atoms with Crippen molar-refractivity contribution < 1.29 is 19.4 Å². The van der Waals surface area contributed by atoms with Crippen molar-refractivity contribution in [1.82, 2.24) is 19.9 Å². The predicted octanol–water partition coefficient (Wildman–Crippen LogP) is 3.98. The number of hydrogen-bond donors (Lipinski definition) is 3. The Morgan fingerprint density at radius 3 is 2.69 bits per heavy atom. The predicted molar refractivity (Wildman–Crippen MR) is 139 cm³/mol. The molecular weight excluding hydrogens is 482 g/mol. The summed E-state index contributed by atoms with van der Waals surface area (Å²) < 4.78 is 6.85. The molecule has 0 saturated carbocycles. The van der Waals surface area contributed by atoms with E-state index in [0.717, 1.165) is 16.3 Å². The lowest BCUT2D eigenvalue weighted by atomic mass is 9.99. The molecule has 0 bridgehead atoms. The number of anilines is 1. The number of carboxylic acids is 1. The Kier molecular flexibility index (Phi) is 7.41. The molecule has 0 unspecified atom stereocenters. The summed E-state index contributed by atoms with van der Waals surface area (Å²) in [5.74, 6) is -0.941. The van der Waals surface area contributed by atoms with E-state index in [1.165, 1.54) is 17.5 Å². The van der Waals surface area contributed by atoms with Gasteiger partial charge in [-0.05, 0) is 37.6 Å². The number of carbonyl (C=O) groups excluding carboxylic acids is 1. The van der Waals surface area contributed by atoms with E-state index in [1.54, 1.807) is 36.1 Å². The van der Waals surface area contributed by atoms with Crippen molar-refractivity contribution in [1.29, 1.82) is 0 Å². The Balaban J connectivity index is 1.89. The van der Waals surface area contributed by atoms with Crippen molar-refractivity contribution in [3.63, 3.8) is 0 Å². The highest BCUT2D eigenvalue weighted by molar-refractivity contribution is 7.13. The van der Waals surface area contributed by atoms with Crippen LogP contribution in [0.4, 0.5) is 10.6 Å². The number of methoxy groups -OCH3 is 1. The molecule has 0 saturated heterocycles. The fourth-order valence-corrected chi connectivity index (χ4v) is 4.65. The first-order chi connectivity index (χ1) is 17.3. The van der Waals surface area contributed by atoms with E-state index in [0.29, 0.717) is 42.2 Å². The zero-order valence-electron chi connectivity index (χ0n) is 20.0. The molecule has 0 fully saturated rings. The number of aryl methyl sites for hydroxylation is 1. The number of hydrogen-bond acceptors (Lipinski definition) is 7. The molecule has 3 heterocycles. The molecule has 0 aliphatic rings. The summed E-state index contributed by atoms with van der Waals surface area (Å²) in [5.41, 5.74) is 2.65. The number of aromatic nitrogens is 3. The third-order valence-corrected chi connectivity index (χ3v) is 6.48. The van der Waals surface area contributed by atoms with Crippen molar-refractivity contribution in [2.75, 3.05) is 25.6 Å². The average molecular weight is 508 g/mol. The van der Waals surface area contributed by atoms with E-state index < -0.39 is 11.4 Å². The third kappa shape index (κ3) is 5.11. The lowest BCUT2D eigenvalue weighted by Gasteiger charge is -2.14. The standard InChI is InChI=1S/C25H25N5O5S/c1-4-26-25(34)29-21-10-16(23-28-14(2)13-36-23)18(11-27-21)15-5-6-20-17(9-15)22(31)19(24(32)33)12-30(20)7-8-35-3/h5-6,9-13H,4,7-8H2,1-3H3,(H,32,33)(H2,26,27,29,34). The van der Waals surface area contributed by atoms with E-state index in [-0.39, 0.29) is 17.0 Å². The van der Waals surface area contributed by atoms with E-state index in [4.69, 9.17) is 4.74 Å². The normalized spacial score (nSPS) is 11.0. The first-order valence-electron chi connectivity index (χ1n) is 11.2. The fourth-order valence-electron chi connectivity index (χ4n) is 3.82. The quantitative estimate of drug-likeness (QED) is 0.328. The molecule has 10 nitrogen and oxygen atoms in total. The summed E-state index contributed by atoms with van der Waals surface area (Å²) in [7, 11) is 1.56. The van der Waals surface area contributed by atoms with Crippen molar-refractivity contribution in [3.05, 3.63) is 63.5 Å². The number of aromatic carboxylic acids is 1. The van der Waals surface area contributed by atoms with Crippen LogP contribution in [0.1, 0.15) is 23.0 Å². The van der Waals surface area contributed by atoms with Gasteiger partial charge >= 0.3 is 12.0 Å². The van der Waals surface area contributed by atoms with E-state index in [9.17, 15) is 19.5 Å². The number of carbonyl (C=O) groups is 2. The maximum atomic E-state index is 13.1. The number of benzene rings is 1. The number of fused-ring (bicyclic) bond motifs is 1. The van der Waals surface area contributed by atoms with Crippen molar-refractivity contribution >= 4 is 40.1 Å². The number of nitrogens with one attached hydrogen (secondary N) is 2. The monoisotopic (exact) mass is 507 g/mol. The molecule has 186 valence electrons. The largest absolute Gasteiger partial charge is 0.477 e. The highest BCUT2D eigenvalue weighted by Gasteiger charge is 2.18. The molecule has 4 rings (SSSR count). The van der Waals surface area contributed by atoms with Gasteiger partial charge in [-0.1, -0.05) is 6.07 Å². The minimum absolute atomic E-state index is 0.272. The van der Waals surface area contributed by atoms with E-state index in [2.05, 4.69) is 20.6 Å². The lowest BCUT2D eigenvalue weighted by Crippen LogP contribution is -2.28. The molecule has 0 aliphatic heterocycles. The SMILES string of the molecule is CCNC(=O)Nc1cc(-c2nc(C)cs2)c(-c2ccc3c(c2)c(=O)c(C(=O)O)cn3CCOC)cn1. The highest BCUT2D eigenvalue weighted by atomic mass is 32.1. The van der Waals surface area contributed by atoms with Gasteiger partial charge in [-0.15, -0.1) is 11.3 Å². The molecule has 3 aromatic heterocycles. The molecule has 2 amide bonds. The van der Waals surface area contributed by atoms with Crippen LogP contribution in [0.15, 0.2) is 46.8 Å². The minimum atomic E-state index is -1.29. The third-order valence-electron chi connectivity index (χ3n) is 5.49. The summed E-state index contributed by atoms with van der Waals surface area (Å²) in [6.45, 7) is 4.92. The van der Waals surface area contributed by atoms with Crippen molar-refractivity contribution in [3.8, 4) is 21.7 Å². The minimum Gasteiger partial charge on any atom is -0.477 e. The van der Waals surface area contributed by atoms with Crippen LogP contribution in [0.5, 0.6) is 0 Å². The maximum Gasteiger partial charge on any atom is 0.341 e. The zero-order valence-corrected chi connectivity index (χ0v) is 20.8. The second kappa shape index (κ2) is 10.7. The van der Waals surface area contributed by atoms with Gasteiger partial charge in [-0.2, -0.15) is 0 Å². The number of amides is 2. The maximum absolute atomic E-state index is 13.1. The Bertz CT molecular complexity index is 1510. The molecule has 0 radical (unpaired) electrons. The average Bonchev–Trinajstić information content (AvgIpc) is 3.29. The van der Waals surface area contributed by atoms with Gasteiger partial charge in [-0.25, -0.2) is 19.6 Å². The van der Waals surface area contributed by atoms with Gasteiger partial charge < -0.3 is 19.7 Å². The topological polar surface area (TPSA) is 135 Å².